The maximum Gasteiger partial charge on any atom is 0.264 e. The Morgan fingerprint density at radius 3 is 2.16 bits per heavy atom. The van der Waals surface area contributed by atoms with Gasteiger partial charge >= 0.3 is 0 Å². The van der Waals surface area contributed by atoms with Crippen LogP contribution in [0.25, 0.3) is 0 Å². The Kier molecular flexibility index (Phi) is 11.3. The van der Waals surface area contributed by atoms with Crippen molar-refractivity contribution in [3.63, 3.8) is 0 Å². The van der Waals surface area contributed by atoms with E-state index in [1.165, 1.54) is 43.4 Å². The molecule has 0 aromatic heterocycles. The number of para-hydroxylation sites is 2. The van der Waals surface area contributed by atoms with E-state index in [4.69, 9.17) is 32.7 Å². The average molecular weight is 651 g/mol. The molecule has 0 unspecified atom stereocenters. The first kappa shape index (κ1) is 34.0. The van der Waals surface area contributed by atoms with Gasteiger partial charge in [-0.05, 0) is 81.3 Å². The number of halogens is 2. The molecule has 0 spiro atoms. The molecular formula is C31H37Cl2N3O6S. The zero-order valence-corrected chi connectivity index (χ0v) is 27.4. The number of ether oxygens (including phenoxy) is 2. The number of benzene rings is 3. The first-order valence-electron chi connectivity index (χ1n) is 13.6. The topological polar surface area (TPSA) is 105 Å². The van der Waals surface area contributed by atoms with E-state index in [0.29, 0.717) is 21.4 Å². The second-order valence-corrected chi connectivity index (χ2v) is 13.5. The molecule has 0 aliphatic carbocycles. The molecule has 0 aliphatic rings. The van der Waals surface area contributed by atoms with Crippen LogP contribution in [-0.2, 0) is 26.2 Å². The number of nitrogens with one attached hydrogen (secondary N) is 1. The number of carbonyl (C=O) groups excluding carboxylic acids is 2. The molecule has 0 bridgehead atoms. The van der Waals surface area contributed by atoms with Crippen LogP contribution in [0.15, 0.2) is 71.6 Å². The number of methoxy groups -OCH3 is 2. The maximum absolute atomic E-state index is 14.3. The molecule has 9 nitrogen and oxygen atoms in total. The summed E-state index contributed by atoms with van der Waals surface area (Å²) in [5.41, 5.74) is 0.132. The van der Waals surface area contributed by atoms with Crippen molar-refractivity contribution >= 4 is 50.7 Å². The van der Waals surface area contributed by atoms with Crippen LogP contribution in [0.5, 0.6) is 11.5 Å². The van der Waals surface area contributed by atoms with Gasteiger partial charge < -0.3 is 19.7 Å². The van der Waals surface area contributed by atoms with Crippen molar-refractivity contribution in [2.75, 3.05) is 25.1 Å². The quantitative estimate of drug-likeness (QED) is 0.261. The standard InChI is InChI=1S/C31H37Cl2N3O6S/c1-7-26(30(38)34-31(2,3)4)35(19-21-12-13-22(32)18-25(21)33)29(37)20-36(27-10-8-9-11-28(27)42-6)43(39,40)24-16-14-23(41-5)15-17-24/h8-18,26H,7,19-20H2,1-6H3,(H,34,38)/t26-/m0/s1. The van der Waals surface area contributed by atoms with Gasteiger partial charge in [0.15, 0.2) is 0 Å². The van der Waals surface area contributed by atoms with Gasteiger partial charge in [0.05, 0.1) is 24.8 Å². The van der Waals surface area contributed by atoms with E-state index >= 15 is 0 Å². The number of sulfonamides is 1. The maximum atomic E-state index is 14.3. The number of amides is 2. The third-order valence-electron chi connectivity index (χ3n) is 6.52. The zero-order valence-electron chi connectivity index (χ0n) is 25.1. The normalized spacial score (nSPS) is 12.3. The zero-order chi connectivity index (χ0) is 31.9. The minimum Gasteiger partial charge on any atom is -0.497 e. The van der Waals surface area contributed by atoms with Crippen molar-refractivity contribution in [2.45, 2.75) is 57.1 Å². The van der Waals surface area contributed by atoms with Crippen molar-refractivity contribution in [3.8, 4) is 11.5 Å². The van der Waals surface area contributed by atoms with Crippen LogP contribution in [0.2, 0.25) is 10.0 Å². The predicted octanol–water partition coefficient (Wildman–Crippen LogP) is 5.93. The first-order valence-corrected chi connectivity index (χ1v) is 15.8. The Labute approximate surface area is 263 Å². The Hall–Kier alpha value is -3.47. The summed E-state index contributed by atoms with van der Waals surface area (Å²) >= 11 is 12.6. The molecule has 1 atom stereocenters. The summed E-state index contributed by atoms with van der Waals surface area (Å²) in [5, 5.41) is 3.66. The Balaban J connectivity index is 2.13. The number of carbonyl (C=O) groups is 2. The number of hydrogen-bond acceptors (Lipinski definition) is 6. The SMILES string of the molecule is CC[C@@H](C(=O)NC(C)(C)C)N(Cc1ccc(Cl)cc1Cl)C(=O)CN(c1ccccc1OC)S(=O)(=O)c1ccc(OC)cc1. The Morgan fingerprint density at radius 1 is 0.953 bits per heavy atom. The molecule has 0 saturated carbocycles. The van der Waals surface area contributed by atoms with Crippen molar-refractivity contribution in [2.24, 2.45) is 0 Å². The Bertz CT molecular complexity index is 1540. The van der Waals surface area contributed by atoms with E-state index in [1.54, 1.807) is 49.4 Å². The van der Waals surface area contributed by atoms with Gasteiger partial charge in [-0.2, -0.15) is 0 Å². The second-order valence-electron chi connectivity index (χ2n) is 10.8. The second kappa shape index (κ2) is 14.3. The van der Waals surface area contributed by atoms with Gasteiger partial charge in [-0.15, -0.1) is 0 Å². The van der Waals surface area contributed by atoms with Gasteiger partial charge in [0, 0.05) is 22.1 Å². The number of rotatable bonds is 12. The van der Waals surface area contributed by atoms with Gasteiger partial charge in [0.25, 0.3) is 10.0 Å². The smallest absolute Gasteiger partial charge is 0.264 e. The summed E-state index contributed by atoms with van der Waals surface area (Å²) in [5.74, 6) is -0.280. The van der Waals surface area contributed by atoms with Crippen LogP contribution in [-0.4, -0.2) is 57.5 Å². The monoisotopic (exact) mass is 649 g/mol. The Morgan fingerprint density at radius 2 is 1.60 bits per heavy atom. The summed E-state index contributed by atoms with van der Waals surface area (Å²) in [6.45, 7) is 6.61. The first-order chi connectivity index (χ1) is 20.2. The third kappa shape index (κ3) is 8.55. The van der Waals surface area contributed by atoms with E-state index in [9.17, 15) is 18.0 Å². The third-order valence-corrected chi connectivity index (χ3v) is 8.88. The van der Waals surface area contributed by atoms with Gasteiger partial charge in [-0.1, -0.05) is 48.3 Å². The van der Waals surface area contributed by atoms with Crippen LogP contribution >= 0.6 is 23.2 Å². The van der Waals surface area contributed by atoms with E-state index in [0.717, 1.165) is 4.31 Å². The molecular weight excluding hydrogens is 613 g/mol. The van der Waals surface area contributed by atoms with E-state index in [-0.39, 0.29) is 35.2 Å². The highest BCUT2D eigenvalue weighted by molar-refractivity contribution is 7.92. The highest BCUT2D eigenvalue weighted by atomic mass is 35.5. The summed E-state index contributed by atoms with van der Waals surface area (Å²) in [6, 6.07) is 16.3. The van der Waals surface area contributed by atoms with Gasteiger partial charge in [-0.25, -0.2) is 8.42 Å². The lowest BCUT2D eigenvalue weighted by Gasteiger charge is -2.35. The van der Waals surface area contributed by atoms with Crippen LogP contribution in [0.1, 0.15) is 39.7 Å². The molecule has 232 valence electrons. The fraction of sp³-hybridized carbons (Fsp3) is 0.355. The molecule has 3 rings (SSSR count). The molecule has 3 aromatic carbocycles. The predicted molar refractivity (Wildman–Crippen MR) is 170 cm³/mol. The minimum atomic E-state index is -4.30. The summed E-state index contributed by atoms with van der Waals surface area (Å²) in [4.78, 5) is 29.0. The highest BCUT2D eigenvalue weighted by Gasteiger charge is 2.35. The van der Waals surface area contributed by atoms with Crippen molar-refractivity contribution in [1.82, 2.24) is 10.2 Å². The molecule has 1 N–H and O–H groups in total. The van der Waals surface area contributed by atoms with Gasteiger partial charge in [-0.3, -0.25) is 13.9 Å². The fourth-order valence-electron chi connectivity index (χ4n) is 4.43. The lowest BCUT2D eigenvalue weighted by molar-refractivity contribution is -0.141. The van der Waals surface area contributed by atoms with E-state index < -0.39 is 34.1 Å². The molecule has 0 radical (unpaired) electrons. The largest absolute Gasteiger partial charge is 0.497 e. The van der Waals surface area contributed by atoms with Crippen molar-refractivity contribution in [3.05, 3.63) is 82.3 Å². The number of hydrogen-bond donors (Lipinski definition) is 1. The number of anilines is 1. The van der Waals surface area contributed by atoms with Crippen molar-refractivity contribution < 1.29 is 27.5 Å². The molecule has 43 heavy (non-hydrogen) atoms. The molecule has 12 heteroatoms. The minimum absolute atomic E-state index is 0.0585. The lowest BCUT2D eigenvalue weighted by atomic mass is 10.1. The summed E-state index contributed by atoms with van der Waals surface area (Å²) in [7, 11) is -1.41. The molecule has 2 amide bonds. The number of nitrogens with zero attached hydrogens (tertiary/aromatic N) is 2. The summed E-state index contributed by atoms with van der Waals surface area (Å²) in [6.07, 6.45) is 0.263. The van der Waals surface area contributed by atoms with Crippen LogP contribution in [0.4, 0.5) is 5.69 Å². The molecule has 0 aliphatic heterocycles. The van der Waals surface area contributed by atoms with E-state index in [1.807, 2.05) is 20.8 Å². The average Bonchev–Trinajstić information content (AvgIpc) is 2.95. The van der Waals surface area contributed by atoms with Gasteiger partial charge in [0.1, 0.15) is 24.1 Å². The molecule has 0 heterocycles. The van der Waals surface area contributed by atoms with Crippen LogP contribution < -0.4 is 19.1 Å². The molecule has 0 fully saturated rings. The van der Waals surface area contributed by atoms with Crippen LogP contribution in [0, 0.1) is 0 Å². The lowest BCUT2D eigenvalue weighted by Crippen LogP contribution is -2.55. The molecule has 0 saturated heterocycles. The summed E-state index contributed by atoms with van der Waals surface area (Å²) < 4.78 is 39.9. The molecule has 3 aromatic rings. The highest BCUT2D eigenvalue weighted by Crippen LogP contribution is 2.33. The fourth-order valence-corrected chi connectivity index (χ4v) is 6.32. The van der Waals surface area contributed by atoms with Gasteiger partial charge in [0.2, 0.25) is 11.8 Å². The van der Waals surface area contributed by atoms with Crippen LogP contribution in [0.3, 0.4) is 0 Å². The van der Waals surface area contributed by atoms with E-state index in [2.05, 4.69) is 5.32 Å². The van der Waals surface area contributed by atoms with Crippen molar-refractivity contribution in [1.29, 1.82) is 0 Å².